The van der Waals surface area contributed by atoms with Crippen LogP contribution in [0.2, 0.25) is 5.02 Å². The maximum atomic E-state index is 13.3. The summed E-state index contributed by atoms with van der Waals surface area (Å²) in [6, 6.07) is 20.3. The number of urea groups is 1. The van der Waals surface area contributed by atoms with E-state index >= 15 is 0 Å². The van der Waals surface area contributed by atoms with Crippen molar-refractivity contribution in [2.75, 3.05) is 18.5 Å². The van der Waals surface area contributed by atoms with Gasteiger partial charge in [-0.3, -0.25) is 9.59 Å². The Morgan fingerprint density at radius 3 is 2.46 bits per heavy atom. The molecule has 10 heteroatoms. The first-order valence-corrected chi connectivity index (χ1v) is 12.8. The summed E-state index contributed by atoms with van der Waals surface area (Å²) in [5, 5.41) is 11.5. The van der Waals surface area contributed by atoms with Crippen molar-refractivity contribution in [2.45, 2.75) is 26.4 Å². The Balaban J connectivity index is 1.51. The van der Waals surface area contributed by atoms with Crippen LogP contribution in [0.4, 0.5) is 10.5 Å². The first kappa shape index (κ1) is 27.5. The highest BCUT2D eigenvalue weighted by Gasteiger charge is 2.32. The van der Waals surface area contributed by atoms with Gasteiger partial charge in [-0.15, -0.1) is 0 Å². The molecule has 0 fully saturated rings. The van der Waals surface area contributed by atoms with Crippen molar-refractivity contribution in [1.29, 1.82) is 0 Å². The third-order valence-electron chi connectivity index (χ3n) is 5.93. The second kappa shape index (κ2) is 12.8. The highest BCUT2D eigenvalue weighted by Crippen LogP contribution is 2.35. The molecule has 3 aromatic rings. The molecule has 39 heavy (non-hydrogen) atoms. The van der Waals surface area contributed by atoms with Crippen LogP contribution in [-0.4, -0.2) is 31.1 Å². The van der Waals surface area contributed by atoms with Gasteiger partial charge in [0.2, 0.25) is 0 Å². The Kier molecular flexibility index (Phi) is 9.06. The van der Waals surface area contributed by atoms with Crippen LogP contribution in [0, 0.1) is 0 Å². The summed E-state index contributed by atoms with van der Waals surface area (Å²) in [4.78, 5) is 38.0. The molecule has 0 unspecified atom stereocenters. The molecule has 0 aliphatic carbocycles. The first-order chi connectivity index (χ1) is 18.9. The molecular weight excluding hydrogens is 520 g/mol. The van der Waals surface area contributed by atoms with Gasteiger partial charge in [-0.25, -0.2) is 4.79 Å². The molecule has 1 atom stereocenters. The summed E-state index contributed by atoms with van der Waals surface area (Å²) < 4.78 is 11.5. The third kappa shape index (κ3) is 7.08. The summed E-state index contributed by atoms with van der Waals surface area (Å²) in [5.74, 6) is 0.0280. The minimum absolute atomic E-state index is 0.207. The zero-order chi connectivity index (χ0) is 27.8. The second-order valence-electron chi connectivity index (χ2n) is 8.69. The Labute approximate surface area is 231 Å². The van der Waals surface area contributed by atoms with E-state index in [1.165, 1.54) is 0 Å². The number of allylic oxidation sites excluding steroid dienone is 1. The quantitative estimate of drug-likeness (QED) is 0.293. The molecule has 4 N–H and O–H groups in total. The van der Waals surface area contributed by atoms with Gasteiger partial charge in [0.15, 0.2) is 18.1 Å². The SMILES string of the molecule is CCOc1cc([C@@H]2NC(=O)NC(C)=C2C(=O)Nc2ccccc2Cl)ccc1OCC(=O)NCc1ccccc1. The normalized spacial score (nSPS) is 14.6. The van der Waals surface area contributed by atoms with E-state index in [-0.39, 0.29) is 12.5 Å². The fraction of sp³-hybridized carbons (Fsp3) is 0.207. The van der Waals surface area contributed by atoms with Gasteiger partial charge in [0.25, 0.3) is 11.8 Å². The molecule has 0 saturated carbocycles. The lowest BCUT2D eigenvalue weighted by atomic mass is 9.94. The summed E-state index contributed by atoms with van der Waals surface area (Å²) in [6.45, 7) is 4.00. The van der Waals surface area contributed by atoms with E-state index in [4.69, 9.17) is 21.1 Å². The molecule has 1 aliphatic rings. The number of anilines is 1. The second-order valence-corrected chi connectivity index (χ2v) is 9.10. The van der Waals surface area contributed by atoms with Crippen LogP contribution >= 0.6 is 11.6 Å². The Hall–Kier alpha value is -4.50. The van der Waals surface area contributed by atoms with Crippen LogP contribution in [0.15, 0.2) is 84.1 Å². The molecule has 0 spiro atoms. The number of amides is 4. The summed E-state index contributed by atoms with van der Waals surface area (Å²) in [6.07, 6.45) is 0. The summed E-state index contributed by atoms with van der Waals surface area (Å²) in [5.41, 5.74) is 2.74. The lowest BCUT2D eigenvalue weighted by Crippen LogP contribution is -2.46. The number of nitrogens with one attached hydrogen (secondary N) is 4. The van der Waals surface area contributed by atoms with E-state index in [2.05, 4.69) is 21.3 Å². The summed E-state index contributed by atoms with van der Waals surface area (Å²) in [7, 11) is 0. The van der Waals surface area contributed by atoms with Crippen molar-refractivity contribution in [3.8, 4) is 11.5 Å². The third-order valence-corrected chi connectivity index (χ3v) is 6.26. The predicted molar refractivity (Wildman–Crippen MR) is 149 cm³/mol. The van der Waals surface area contributed by atoms with Gasteiger partial charge in [0.1, 0.15) is 0 Å². The Bertz CT molecular complexity index is 1390. The number of hydrogen-bond donors (Lipinski definition) is 4. The molecule has 0 saturated heterocycles. The average Bonchev–Trinajstić information content (AvgIpc) is 2.92. The molecule has 0 radical (unpaired) electrons. The summed E-state index contributed by atoms with van der Waals surface area (Å²) >= 11 is 6.22. The molecule has 1 heterocycles. The maximum Gasteiger partial charge on any atom is 0.319 e. The topological polar surface area (TPSA) is 118 Å². The van der Waals surface area contributed by atoms with Crippen LogP contribution in [-0.2, 0) is 16.1 Å². The average molecular weight is 549 g/mol. The fourth-order valence-electron chi connectivity index (χ4n) is 4.08. The smallest absolute Gasteiger partial charge is 0.319 e. The molecule has 4 rings (SSSR count). The number of carbonyl (C=O) groups excluding carboxylic acids is 3. The lowest BCUT2D eigenvalue weighted by Gasteiger charge is -2.29. The van der Waals surface area contributed by atoms with Crippen LogP contribution in [0.5, 0.6) is 11.5 Å². The van der Waals surface area contributed by atoms with E-state index in [1.54, 1.807) is 49.4 Å². The fourth-order valence-corrected chi connectivity index (χ4v) is 4.26. The number of benzene rings is 3. The Morgan fingerprint density at radius 1 is 0.974 bits per heavy atom. The monoisotopic (exact) mass is 548 g/mol. The van der Waals surface area contributed by atoms with Crippen molar-refractivity contribution >= 4 is 35.1 Å². The number of carbonyl (C=O) groups is 3. The molecule has 202 valence electrons. The molecule has 1 aliphatic heterocycles. The van der Waals surface area contributed by atoms with Gasteiger partial charge in [-0.1, -0.05) is 60.1 Å². The zero-order valence-corrected chi connectivity index (χ0v) is 22.3. The highest BCUT2D eigenvalue weighted by molar-refractivity contribution is 6.33. The van der Waals surface area contributed by atoms with Crippen LogP contribution < -0.4 is 30.7 Å². The van der Waals surface area contributed by atoms with Crippen LogP contribution in [0.3, 0.4) is 0 Å². The zero-order valence-electron chi connectivity index (χ0n) is 21.5. The van der Waals surface area contributed by atoms with Gasteiger partial charge in [0, 0.05) is 12.2 Å². The Morgan fingerprint density at radius 2 is 1.72 bits per heavy atom. The lowest BCUT2D eigenvalue weighted by molar-refractivity contribution is -0.123. The van der Waals surface area contributed by atoms with Gasteiger partial charge < -0.3 is 30.7 Å². The number of ether oxygens (including phenoxy) is 2. The van der Waals surface area contributed by atoms with Crippen molar-refractivity contribution in [3.05, 3.63) is 100 Å². The number of halogens is 1. The van der Waals surface area contributed by atoms with E-state index in [1.807, 2.05) is 37.3 Å². The molecule has 3 aromatic carbocycles. The molecule has 0 aromatic heterocycles. The van der Waals surface area contributed by atoms with Gasteiger partial charge in [-0.05, 0) is 49.2 Å². The van der Waals surface area contributed by atoms with E-state index < -0.39 is 18.0 Å². The van der Waals surface area contributed by atoms with Crippen molar-refractivity contribution in [2.24, 2.45) is 0 Å². The van der Waals surface area contributed by atoms with Gasteiger partial charge in [0.05, 0.1) is 28.9 Å². The highest BCUT2D eigenvalue weighted by atomic mass is 35.5. The first-order valence-electron chi connectivity index (χ1n) is 12.4. The largest absolute Gasteiger partial charge is 0.490 e. The van der Waals surface area contributed by atoms with Gasteiger partial charge >= 0.3 is 6.03 Å². The molecule has 9 nitrogen and oxygen atoms in total. The number of rotatable bonds is 10. The predicted octanol–water partition coefficient (Wildman–Crippen LogP) is 4.70. The van der Waals surface area contributed by atoms with Crippen molar-refractivity contribution in [1.82, 2.24) is 16.0 Å². The van der Waals surface area contributed by atoms with Crippen LogP contribution in [0.1, 0.15) is 31.0 Å². The van der Waals surface area contributed by atoms with E-state index in [9.17, 15) is 14.4 Å². The van der Waals surface area contributed by atoms with Crippen molar-refractivity contribution < 1.29 is 23.9 Å². The molecule has 4 amide bonds. The number of hydrogen-bond acceptors (Lipinski definition) is 5. The minimum atomic E-state index is -0.774. The minimum Gasteiger partial charge on any atom is -0.490 e. The van der Waals surface area contributed by atoms with Gasteiger partial charge in [-0.2, -0.15) is 0 Å². The van der Waals surface area contributed by atoms with E-state index in [0.29, 0.717) is 52.2 Å². The molecular formula is C29H29ClN4O5. The standard InChI is InChI=1S/C29H29ClN4O5/c1-3-38-24-15-20(13-14-23(24)39-17-25(35)31-16-19-9-5-4-6-10-19)27-26(18(2)32-29(37)34-27)28(36)33-22-12-8-7-11-21(22)30/h4-15,27H,3,16-17H2,1-2H3,(H,31,35)(H,33,36)(H2,32,34,37)/t27-/m0/s1. The maximum absolute atomic E-state index is 13.3. The van der Waals surface area contributed by atoms with Crippen LogP contribution in [0.25, 0.3) is 0 Å². The number of para-hydroxylation sites is 1. The molecule has 0 bridgehead atoms. The van der Waals surface area contributed by atoms with E-state index in [0.717, 1.165) is 5.56 Å². The van der Waals surface area contributed by atoms with Crippen molar-refractivity contribution in [3.63, 3.8) is 0 Å².